The summed E-state index contributed by atoms with van der Waals surface area (Å²) in [4.78, 5) is 8.87. The Labute approximate surface area is 137 Å². The molecule has 23 heavy (non-hydrogen) atoms. The van der Waals surface area contributed by atoms with E-state index in [1.165, 1.54) is 0 Å². The van der Waals surface area contributed by atoms with Gasteiger partial charge in [0.1, 0.15) is 0 Å². The van der Waals surface area contributed by atoms with Crippen molar-refractivity contribution in [3.05, 3.63) is 61.7 Å². The van der Waals surface area contributed by atoms with E-state index in [0.717, 1.165) is 39.1 Å². The van der Waals surface area contributed by atoms with E-state index in [1.807, 2.05) is 43.8 Å². The molecule has 4 nitrogen and oxygen atoms in total. The van der Waals surface area contributed by atoms with Crippen molar-refractivity contribution in [3.8, 4) is 0 Å². The molecule has 0 amide bonds. The molecule has 2 heterocycles. The number of aromatic nitrogens is 3. The SMILES string of the molecule is C=CCn1nc(C(=C)C)c2cc(/C(C=C)=C/N=C(C)C)ncc21. The predicted octanol–water partition coefficient (Wildman–Crippen LogP) is 4.66. The Morgan fingerprint density at radius 3 is 2.61 bits per heavy atom. The molecule has 0 spiro atoms. The second-order valence-corrected chi connectivity index (χ2v) is 5.55. The molecule has 4 heteroatoms. The third-order valence-electron chi connectivity index (χ3n) is 3.32. The number of fused-ring (bicyclic) bond motifs is 1. The Bertz CT molecular complexity index is 830. The van der Waals surface area contributed by atoms with Crippen LogP contribution in [0.25, 0.3) is 22.0 Å². The standard InChI is InChI=1S/C19H22N4/c1-7-9-23-18-12-21-17(15(8-2)11-20-14(5)6)10-16(18)19(22-23)13(3)4/h7-8,10-12H,1-3,9H2,4-6H3/b15-11+. The average Bonchev–Trinajstić information content (AvgIpc) is 2.86. The molecule has 2 aromatic rings. The van der Waals surface area contributed by atoms with Crippen LogP contribution < -0.4 is 0 Å². The number of hydrogen-bond acceptors (Lipinski definition) is 3. The number of pyridine rings is 1. The van der Waals surface area contributed by atoms with E-state index in [9.17, 15) is 0 Å². The van der Waals surface area contributed by atoms with Gasteiger partial charge in [-0.05, 0) is 32.4 Å². The van der Waals surface area contributed by atoms with Crippen LogP contribution in [0.15, 0.2) is 55.3 Å². The molecule has 0 radical (unpaired) electrons. The third-order valence-corrected chi connectivity index (χ3v) is 3.32. The number of nitrogens with zero attached hydrogens (tertiary/aromatic N) is 4. The Hall–Kier alpha value is -2.75. The first-order chi connectivity index (χ1) is 11.0. The number of aliphatic imine (C=N–C) groups is 1. The van der Waals surface area contributed by atoms with E-state index in [1.54, 1.807) is 12.3 Å². The largest absolute Gasteiger partial charge is 0.266 e. The fourth-order valence-electron chi connectivity index (χ4n) is 2.23. The lowest BCUT2D eigenvalue weighted by molar-refractivity contribution is 0.724. The van der Waals surface area contributed by atoms with E-state index in [-0.39, 0.29) is 0 Å². The Kier molecular flexibility index (Phi) is 5.06. The normalized spacial score (nSPS) is 11.3. The van der Waals surface area contributed by atoms with Crippen LogP contribution >= 0.6 is 0 Å². The van der Waals surface area contributed by atoms with Gasteiger partial charge in [0.05, 0.1) is 29.6 Å². The Morgan fingerprint density at radius 1 is 1.30 bits per heavy atom. The van der Waals surface area contributed by atoms with Crippen LogP contribution in [0, 0.1) is 0 Å². The van der Waals surface area contributed by atoms with Gasteiger partial charge in [-0.25, -0.2) is 0 Å². The van der Waals surface area contributed by atoms with E-state index >= 15 is 0 Å². The molecule has 2 rings (SSSR count). The lowest BCUT2D eigenvalue weighted by Crippen LogP contribution is -1.98. The zero-order chi connectivity index (χ0) is 17.0. The monoisotopic (exact) mass is 306 g/mol. The number of allylic oxidation sites excluding steroid dienone is 4. The summed E-state index contributed by atoms with van der Waals surface area (Å²) in [6.07, 6.45) is 7.18. The van der Waals surface area contributed by atoms with Gasteiger partial charge in [-0.15, -0.1) is 6.58 Å². The van der Waals surface area contributed by atoms with Crippen molar-refractivity contribution < 1.29 is 0 Å². The highest BCUT2D eigenvalue weighted by molar-refractivity contribution is 5.92. The average molecular weight is 306 g/mol. The number of rotatable bonds is 6. The van der Waals surface area contributed by atoms with Gasteiger partial charge in [0.25, 0.3) is 0 Å². The second kappa shape index (κ2) is 7.01. The zero-order valence-corrected chi connectivity index (χ0v) is 14.0. The molecular weight excluding hydrogens is 284 g/mol. The van der Waals surface area contributed by atoms with Crippen LogP contribution in [0.2, 0.25) is 0 Å². The molecule has 0 unspecified atom stereocenters. The summed E-state index contributed by atoms with van der Waals surface area (Å²) >= 11 is 0. The van der Waals surface area contributed by atoms with Gasteiger partial charge in [0.15, 0.2) is 0 Å². The molecule has 0 N–H and O–H groups in total. The van der Waals surface area contributed by atoms with Gasteiger partial charge in [0, 0.05) is 22.9 Å². The maximum atomic E-state index is 4.61. The molecule has 0 fully saturated rings. The maximum absolute atomic E-state index is 4.61. The molecular formula is C19H22N4. The summed E-state index contributed by atoms with van der Waals surface area (Å²) in [5, 5.41) is 5.63. The Balaban J connectivity index is 2.65. The lowest BCUT2D eigenvalue weighted by atomic mass is 10.1. The van der Waals surface area contributed by atoms with Crippen LogP contribution in [0.5, 0.6) is 0 Å². The summed E-state index contributed by atoms with van der Waals surface area (Å²) in [6.45, 7) is 18.1. The second-order valence-electron chi connectivity index (χ2n) is 5.55. The van der Waals surface area contributed by atoms with E-state index in [4.69, 9.17) is 0 Å². The Morgan fingerprint density at radius 2 is 2.04 bits per heavy atom. The summed E-state index contributed by atoms with van der Waals surface area (Å²) in [7, 11) is 0. The smallest absolute Gasteiger partial charge is 0.0954 e. The van der Waals surface area contributed by atoms with Crippen molar-refractivity contribution in [1.29, 1.82) is 0 Å². The fourth-order valence-corrected chi connectivity index (χ4v) is 2.23. The zero-order valence-electron chi connectivity index (χ0n) is 14.0. The highest BCUT2D eigenvalue weighted by Crippen LogP contribution is 2.26. The molecule has 0 aliphatic rings. The van der Waals surface area contributed by atoms with Gasteiger partial charge >= 0.3 is 0 Å². The molecule has 0 bridgehead atoms. The van der Waals surface area contributed by atoms with Gasteiger partial charge in [0.2, 0.25) is 0 Å². The van der Waals surface area contributed by atoms with Crippen molar-refractivity contribution in [2.45, 2.75) is 27.3 Å². The minimum atomic E-state index is 0.633. The summed E-state index contributed by atoms with van der Waals surface area (Å²) in [6, 6.07) is 2.01. The van der Waals surface area contributed by atoms with Crippen molar-refractivity contribution in [2.75, 3.05) is 0 Å². The van der Waals surface area contributed by atoms with Crippen LogP contribution in [0.1, 0.15) is 32.2 Å². The molecule has 0 aliphatic carbocycles. The minimum Gasteiger partial charge on any atom is -0.266 e. The van der Waals surface area contributed by atoms with Crippen molar-refractivity contribution in [3.63, 3.8) is 0 Å². The number of hydrogen-bond donors (Lipinski definition) is 0. The van der Waals surface area contributed by atoms with Crippen LogP contribution in [-0.4, -0.2) is 20.5 Å². The van der Waals surface area contributed by atoms with E-state index in [0.29, 0.717) is 6.54 Å². The van der Waals surface area contributed by atoms with Gasteiger partial charge < -0.3 is 0 Å². The molecule has 0 saturated heterocycles. The first-order valence-electron chi connectivity index (χ1n) is 7.45. The highest BCUT2D eigenvalue weighted by Gasteiger charge is 2.12. The summed E-state index contributed by atoms with van der Waals surface area (Å²) in [5.74, 6) is 0. The topological polar surface area (TPSA) is 43.1 Å². The van der Waals surface area contributed by atoms with Crippen LogP contribution in [0.4, 0.5) is 0 Å². The van der Waals surface area contributed by atoms with Gasteiger partial charge in [-0.3, -0.25) is 14.7 Å². The van der Waals surface area contributed by atoms with Gasteiger partial charge in [-0.1, -0.05) is 25.3 Å². The van der Waals surface area contributed by atoms with Gasteiger partial charge in [-0.2, -0.15) is 5.10 Å². The van der Waals surface area contributed by atoms with Crippen molar-refractivity contribution in [2.24, 2.45) is 4.99 Å². The molecule has 2 aromatic heterocycles. The van der Waals surface area contributed by atoms with E-state index in [2.05, 4.69) is 34.8 Å². The van der Waals surface area contributed by atoms with E-state index < -0.39 is 0 Å². The molecule has 118 valence electrons. The first-order valence-corrected chi connectivity index (χ1v) is 7.45. The highest BCUT2D eigenvalue weighted by atomic mass is 15.3. The third kappa shape index (κ3) is 3.54. The molecule has 0 atom stereocenters. The molecule has 0 saturated carbocycles. The summed E-state index contributed by atoms with van der Waals surface area (Å²) in [5.41, 5.74) is 5.43. The van der Waals surface area contributed by atoms with Crippen LogP contribution in [-0.2, 0) is 6.54 Å². The minimum absolute atomic E-state index is 0.633. The fraction of sp³-hybridized carbons (Fsp3) is 0.211. The van der Waals surface area contributed by atoms with Crippen LogP contribution in [0.3, 0.4) is 0 Å². The summed E-state index contributed by atoms with van der Waals surface area (Å²) < 4.78 is 1.88. The maximum Gasteiger partial charge on any atom is 0.0954 e. The quantitative estimate of drug-likeness (QED) is 0.442. The first kappa shape index (κ1) is 16.6. The van der Waals surface area contributed by atoms with Crippen molar-refractivity contribution in [1.82, 2.24) is 14.8 Å². The van der Waals surface area contributed by atoms with Crippen molar-refractivity contribution >= 4 is 27.8 Å². The lowest BCUT2D eigenvalue weighted by Gasteiger charge is -2.03. The molecule has 0 aliphatic heterocycles. The molecule has 0 aromatic carbocycles. The predicted molar refractivity (Wildman–Crippen MR) is 99.4 cm³/mol.